The van der Waals surface area contributed by atoms with E-state index in [9.17, 15) is 0 Å². The van der Waals surface area contributed by atoms with Crippen molar-refractivity contribution in [2.75, 3.05) is 9.80 Å². The van der Waals surface area contributed by atoms with Crippen LogP contribution in [-0.4, -0.2) is 0 Å². The summed E-state index contributed by atoms with van der Waals surface area (Å²) in [4.78, 5) is 4.77. The summed E-state index contributed by atoms with van der Waals surface area (Å²) in [6, 6.07) is 94.0. The van der Waals surface area contributed by atoms with Gasteiger partial charge in [0.1, 0.15) is 11.2 Å². The van der Waals surface area contributed by atoms with Gasteiger partial charge in [-0.15, -0.1) is 0 Å². The highest BCUT2D eigenvalue weighted by Gasteiger charge is 2.54. The van der Waals surface area contributed by atoms with Crippen LogP contribution in [0.2, 0.25) is 0 Å². The molecule has 0 atom stereocenters. The lowest BCUT2D eigenvalue weighted by atomic mass is 9.68. The summed E-state index contributed by atoms with van der Waals surface area (Å²) in [6.07, 6.45) is 0. The zero-order valence-electron chi connectivity index (χ0n) is 43.5. The van der Waals surface area contributed by atoms with Crippen LogP contribution in [0.4, 0.5) is 34.1 Å². The van der Waals surface area contributed by atoms with Gasteiger partial charge in [0.25, 0.3) is 0 Å². The van der Waals surface area contributed by atoms with Crippen LogP contribution in [0, 0.1) is 13.8 Å². The van der Waals surface area contributed by atoms with E-state index in [1.807, 2.05) is 12.1 Å². The number of hydrogen-bond donors (Lipinski definition) is 0. The van der Waals surface area contributed by atoms with Gasteiger partial charge in [-0.05, 0) is 175 Å². The molecule has 4 nitrogen and oxygen atoms in total. The maximum atomic E-state index is 6.81. The largest absolute Gasteiger partial charge is 0.454 e. The van der Waals surface area contributed by atoms with Crippen LogP contribution in [0.3, 0.4) is 0 Å². The summed E-state index contributed by atoms with van der Waals surface area (Å²) < 4.78 is 13.6. The first kappa shape index (κ1) is 44.0. The molecule has 4 heteroatoms. The van der Waals surface area contributed by atoms with E-state index < -0.39 is 5.41 Å². The minimum Gasteiger partial charge on any atom is -0.454 e. The van der Waals surface area contributed by atoms with E-state index in [0.29, 0.717) is 0 Å². The molecule has 0 saturated carbocycles. The Morgan fingerprint density at radius 1 is 0.304 bits per heavy atom. The highest BCUT2D eigenvalue weighted by atomic mass is 16.3. The van der Waals surface area contributed by atoms with Gasteiger partial charge in [0, 0.05) is 44.3 Å². The molecule has 2 heterocycles. The van der Waals surface area contributed by atoms with Gasteiger partial charge in [0.05, 0.1) is 16.8 Å². The summed E-state index contributed by atoms with van der Waals surface area (Å²) in [7, 11) is 0. The molecular formula is C75H48N2O2. The molecule has 0 bridgehead atoms. The van der Waals surface area contributed by atoms with Crippen LogP contribution in [0.25, 0.3) is 98.4 Å². The SMILES string of the molecule is Cc1cccc(N(c2ccc3c4c(ccc3c2)-c2c(c3ccc(N(c5cccc(C)c5)c5cccc6c5oc5ccccc56)cc3c3ccccc23)C42c3ccccc3-c3ccccc32)c2cccc3c2oc2ccccc23)c1. The fraction of sp³-hybridized carbons (Fsp3) is 0.0400. The molecule has 0 amide bonds. The fourth-order valence-electron chi connectivity index (χ4n) is 14.2. The molecule has 0 saturated heterocycles. The monoisotopic (exact) mass is 1010 g/mol. The first-order valence-electron chi connectivity index (χ1n) is 27.3. The van der Waals surface area contributed by atoms with Gasteiger partial charge in [-0.1, -0.05) is 182 Å². The molecule has 370 valence electrons. The van der Waals surface area contributed by atoms with E-state index in [1.165, 1.54) is 88.0 Å². The number of rotatable bonds is 6. The van der Waals surface area contributed by atoms with Crippen LogP contribution in [0.1, 0.15) is 33.4 Å². The Bertz CT molecular complexity index is 5050. The molecule has 2 aliphatic rings. The standard InChI is InChI=1S/C75H48N2O2/c1-45-17-13-19-48(41-45)76(66-31-15-27-60-56-24-7-11-33-68(56)78-73(60)66)50-36-39-52-47(43-50)35-38-62-70-58-26-4-3-21-53(58)63-44-51(37-40-59(63)72(70)75(71(52)62)64-29-9-5-22-54(64)55-23-6-10-30-65(55)75)77(49-20-14-18-46(2)42-49)67-32-16-28-61-57-25-8-12-34-69(57)79-74(61)67/h3-44H,1-2H3. The van der Waals surface area contributed by atoms with Crippen molar-refractivity contribution in [3.05, 3.63) is 288 Å². The molecule has 0 radical (unpaired) electrons. The molecule has 0 fully saturated rings. The number of hydrogen-bond acceptors (Lipinski definition) is 4. The number of anilines is 6. The predicted octanol–water partition coefficient (Wildman–Crippen LogP) is 20.8. The normalized spacial score (nSPS) is 13.0. The molecule has 2 aliphatic carbocycles. The van der Waals surface area contributed by atoms with Crippen molar-refractivity contribution >= 4 is 110 Å². The summed E-state index contributed by atoms with van der Waals surface area (Å²) >= 11 is 0. The van der Waals surface area contributed by atoms with Gasteiger partial charge in [0.2, 0.25) is 0 Å². The zero-order chi connectivity index (χ0) is 52.1. The topological polar surface area (TPSA) is 32.8 Å². The Labute approximate surface area is 456 Å². The maximum Gasteiger partial charge on any atom is 0.159 e. The van der Waals surface area contributed by atoms with E-state index in [1.54, 1.807) is 0 Å². The van der Waals surface area contributed by atoms with E-state index in [2.05, 4.69) is 266 Å². The summed E-state index contributed by atoms with van der Waals surface area (Å²) in [5.74, 6) is 0. The molecule has 0 unspecified atom stereocenters. The van der Waals surface area contributed by atoms with Crippen molar-refractivity contribution in [2.45, 2.75) is 19.3 Å². The number of para-hydroxylation sites is 4. The number of benzene rings is 13. The number of furan rings is 2. The van der Waals surface area contributed by atoms with E-state index in [-0.39, 0.29) is 0 Å². The molecule has 1 spiro atoms. The third kappa shape index (κ3) is 6.08. The van der Waals surface area contributed by atoms with Crippen LogP contribution in [-0.2, 0) is 5.41 Å². The van der Waals surface area contributed by atoms with Crippen molar-refractivity contribution in [3.8, 4) is 22.3 Å². The molecule has 15 aromatic rings. The third-order valence-corrected chi connectivity index (χ3v) is 17.3. The summed E-state index contributed by atoms with van der Waals surface area (Å²) in [6.45, 7) is 4.33. The second-order valence-electron chi connectivity index (χ2n) is 21.6. The van der Waals surface area contributed by atoms with Gasteiger partial charge in [-0.2, -0.15) is 0 Å². The van der Waals surface area contributed by atoms with Crippen LogP contribution < -0.4 is 9.80 Å². The van der Waals surface area contributed by atoms with E-state index in [4.69, 9.17) is 8.83 Å². The van der Waals surface area contributed by atoms with Crippen molar-refractivity contribution < 1.29 is 8.83 Å². The fourth-order valence-corrected chi connectivity index (χ4v) is 14.2. The quantitative estimate of drug-likeness (QED) is 0.155. The number of fused-ring (bicyclic) bond motifs is 23. The van der Waals surface area contributed by atoms with E-state index in [0.717, 1.165) is 78.0 Å². The molecule has 79 heavy (non-hydrogen) atoms. The van der Waals surface area contributed by atoms with Crippen molar-refractivity contribution in [1.82, 2.24) is 0 Å². The average Bonchev–Trinajstić information content (AvgIpc) is 3.39. The van der Waals surface area contributed by atoms with Gasteiger partial charge < -0.3 is 18.6 Å². The lowest BCUT2D eigenvalue weighted by Gasteiger charge is -2.33. The Morgan fingerprint density at radius 3 is 1.38 bits per heavy atom. The first-order chi connectivity index (χ1) is 39.0. The van der Waals surface area contributed by atoms with Crippen molar-refractivity contribution in [1.29, 1.82) is 0 Å². The smallest absolute Gasteiger partial charge is 0.159 e. The molecular weight excluding hydrogens is 961 g/mol. The lowest BCUT2D eigenvalue weighted by Crippen LogP contribution is -2.26. The minimum absolute atomic E-state index is 0.658. The molecule has 0 N–H and O–H groups in total. The first-order valence-corrected chi connectivity index (χ1v) is 27.3. The Morgan fingerprint density at radius 2 is 0.785 bits per heavy atom. The van der Waals surface area contributed by atoms with Crippen LogP contribution in [0.15, 0.2) is 264 Å². The second kappa shape index (κ2) is 16.4. The second-order valence-corrected chi connectivity index (χ2v) is 21.6. The highest BCUT2D eigenvalue weighted by Crippen LogP contribution is 2.67. The summed E-state index contributed by atoms with van der Waals surface area (Å²) in [5, 5.41) is 11.7. The number of aryl methyl sites for hydroxylation is 2. The van der Waals surface area contributed by atoms with Gasteiger partial charge in [-0.25, -0.2) is 0 Å². The van der Waals surface area contributed by atoms with Gasteiger partial charge in [0.15, 0.2) is 11.2 Å². The Hall–Kier alpha value is -10.2. The lowest BCUT2D eigenvalue weighted by molar-refractivity contribution is 0.668. The zero-order valence-corrected chi connectivity index (χ0v) is 43.5. The molecule has 2 aromatic heterocycles. The van der Waals surface area contributed by atoms with Gasteiger partial charge >= 0.3 is 0 Å². The predicted molar refractivity (Wildman–Crippen MR) is 329 cm³/mol. The summed E-state index contributed by atoms with van der Waals surface area (Å²) in [5.41, 5.74) is 21.8. The number of nitrogens with zero attached hydrogens (tertiary/aromatic N) is 2. The van der Waals surface area contributed by atoms with E-state index >= 15 is 0 Å². The Kier molecular flexibility index (Phi) is 9.15. The van der Waals surface area contributed by atoms with Crippen molar-refractivity contribution in [3.63, 3.8) is 0 Å². The average molecular weight is 1010 g/mol. The minimum atomic E-state index is -0.658. The van der Waals surface area contributed by atoms with Gasteiger partial charge in [-0.3, -0.25) is 0 Å². The Balaban J connectivity index is 0.942. The molecule has 0 aliphatic heterocycles. The third-order valence-electron chi connectivity index (χ3n) is 17.3. The van der Waals surface area contributed by atoms with Crippen LogP contribution >= 0.6 is 0 Å². The highest BCUT2D eigenvalue weighted by molar-refractivity contribution is 6.23. The van der Waals surface area contributed by atoms with Crippen LogP contribution in [0.5, 0.6) is 0 Å². The molecule has 13 aromatic carbocycles. The molecule has 17 rings (SSSR count). The van der Waals surface area contributed by atoms with Crippen molar-refractivity contribution in [2.24, 2.45) is 0 Å². The maximum absolute atomic E-state index is 6.81.